The molecular formula is C17H20NO2P. The summed E-state index contributed by atoms with van der Waals surface area (Å²) in [5.74, 6) is -0.211. The standard InChI is InChI=1S/C17H20NO2P/c1-14(18-2)17(19)20-13-21(15-9-5-3-6-10-15)16-11-7-4-8-12-16/h3-12,14,18H,13H2,1-2H3/t14-/m0/s1. The van der Waals surface area contributed by atoms with Gasteiger partial charge >= 0.3 is 5.97 Å². The van der Waals surface area contributed by atoms with E-state index in [4.69, 9.17) is 4.74 Å². The molecule has 2 aromatic carbocycles. The van der Waals surface area contributed by atoms with Gasteiger partial charge in [0.05, 0.1) is 0 Å². The van der Waals surface area contributed by atoms with Crippen LogP contribution in [0.3, 0.4) is 0 Å². The molecule has 0 amide bonds. The Labute approximate surface area is 127 Å². The Morgan fingerprint density at radius 1 is 1.05 bits per heavy atom. The smallest absolute Gasteiger partial charge is 0.323 e. The normalized spacial score (nSPS) is 12.1. The first kappa shape index (κ1) is 15.7. The highest BCUT2D eigenvalue weighted by Gasteiger charge is 2.18. The van der Waals surface area contributed by atoms with E-state index in [0.29, 0.717) is 6.35 Å². The first-order chi connectivity index (χ1) is 10.2. The zero-order valence-electron chi connectivity index (χ0n) is 12.3. The van der Waals surface area contributed by atoms with Crippen LogP contribution >= 0.6 is 7.92 Å². The molecule has 0 aromatic heterocycles. The zero-order valence-corrected chi connectivity index (χ0v) is 13.2. The van der Waals surface area contributed by atoms with E-state index in [-0.39, 0.29) is 12.0 Å². The molecule has 0 spiro atoms. The number of benzene rings is 2. The van der Waals surface area contributed by atoms with Crippen LogP contribution in [0, 0.1) is 0 Å². The van der Waals surface area contributed by atoms with E-state index in [2.05, 4.69) is 29.6 Å². The minimum atomic E-state index is -0.684. The van der Waals surface area contributed by atoms with Crippen LogP contribution in [0.4, 0.5) is 0 Å². The van der Waals surface area contributed by atoms with Crippen LogP contribution in [-0.2, 0) is 9.53 Å². The maximum atomic E-state index is 11.9. The lowest BCUT2D eigenvalue weighted by Crippen LogP contribution is -2.33. The van der Waals surface area contributed by atoms with Crippen molar-refractivity contribution in [1.82, 2.24) is 5.32 Å². The second-order valence-corrected chi connectivity index (χ2v) is 6.85. The molecule has 21 heavy (non-hydrogen) atoms. The number of carbonyl (C=O) groups excluding carboxylic acids is 1. The summed E-state index contributed by atoms with van der Waals surface area (Å²) in [6, 6.07) is 20.2. The summed E-state index contributed by atoms with van der Waals surface area (Å²) in [5, 5.41) is 5.32. The number of nitrogens with one attached hydrogen (secondary N) is 1. The molecule has 0 fully saturated rings. The van der Waals surface area contributed by atoms with Gasteiger partial charge in [0.1, 0.15) is 12.4 Å². The van der Waals surface area contributed by atoms with Gasteiger partial charge in [0.2, 0.25) is 0 Å². The van der Waals surface area contributed by atoms with E-state index in [1.165, 1.54) is 10.6 Å². The molecule has 1 atom stereocenters. The van der Waals surface area contributed by atoms with Crippen molar-refractivity contribution >= 4 is 24.5 Å². The lowest BCUT2D eigenvalue weighted by molar-refractivity contribution is -0.143. The van der Waals surface area contributed by atoms with Crippen molar-refractivity contribution < 1.29 is 9.53 Å². The summed E-state index contributed by atoms with van der Waals surface area (Å²) in [6.45, 7) is 1.80. The summed E-state index contributed by atoms with van der Waals surface area (Å²) in [6.07, 6.45) is 0.411. The van der Waals surface area contributed by atoms with E-state index in [0.717, 1.165) is 0 Å². The molecule has 4 heteroatoms. The quantitative estimate of drug-likeness (QED) is 0.657. The Kier molecular flexibility index (Phi) is 5.91. The molecule has 0 saturated heterocycles. The molecule has 0 saturated carbocycles. The molecule has 2 rings (SSSR count). The summed E-state index contributed by atoms with van der Waals surface area (Å²) < 4.78 is 5.49. The maximum Gasteiger partial charge on any atom is 0.323 e. The lowest BCUT2D eigenvalue weighted by Gasteiger charge is -2.19. The van der Waals surface area contributed by atoms with E-state index in [1.54, 1.807) is 14.0 Å². The number of carbonyl (C=O) groups is 1. The molecule has 0 heterocycles. The average molecular weight is 301 g/mol. The summed E-state index contributed by atoms with van der Waals surface area (Å²) in [5.41, 5.74) is 0. The van der Waals surface area contributed by atoms with Gasteiger partial charge in [-0.1, -0.05) is 60.7 Å². The van der Waals surface area contributed by atoms with Gasteiger partial charge in [-0.05, 0) is 32.5 Å². The van der Waals surface area contributed by atoms with Gasteiger partial charge in [-0.3, -0.25) is 4.79 Å². The van der Waals surface area contributed by atoms with Gasteiger partial charge in [0.15, 0.2) is 0 Å². The molecule has 0 aliphatic carbocycles. The fourth-order valence-corrected chi connectivity index (χ4v) is 3.80. The number of hydrogen-bond donors (Lipinski definition) is 1. The highest BCUT2D eigenvalue weighted by molar-refractivity contribution is 7.72. The molecular weight excluding hydrogens is 281 g/mol. The third-order valence-electron chi connectivity index (χ3n) is 3.26. The Morgan fingerprint density at radius 2 is 1.52 bits per heavy atom. The predicted octanol–water partition coefficient (Wildman–Crippen LogP) is 2.23. The molecule has 110 valence electrons. The third kappa shape index (κ3) is 4.38. The van der Waals surface area contributed by atoms with Crippen LogP contribution in [-0.4, -0.2) is 25.4 Å². The van der Waals surface area contributed by atoms with Crippen molar-refractivity contribution in [1.29, 1.82) is 0 Å². The van der Waals surface area contributed by atoms with Gasteiger partial charge in [0.25, 0.3) is 0 Å². The first-order valence-corrected chi connectivity index (χ1v) is 8.46. The van der Waals surface area contributed by atoms with Crippen LogP contribution < -0.4 is 15.9 Å². The van der Waals surface area contributed by atoms with Gasteiger partial charge < -0.3 is 10.1 Å². The third-order valence-corrected chi connectivity index (χ3v) is 5.49. The number of ether oxygens (including phenoxy) is 1. The second-order valence-electron chi connectivity index (χ2n) is 4.70. The molecule has 2 aromatic rings. The fraction of sp³-hybridized carbons (Fsp3) is 0.235. The number of esters is 1. The molecule has 0 unspecified atom stereocenters. The molecule has 3 nitrogen and oxygen atoms in total. The average Bonchev–Trinajstić information content (AvgIpc) is 2.56. The maximum absolute atomic E-state index is 11.9. The van der Waals surface area contributed by atoms with Crippen LogP contribution in [0.5, 0.6) is 0 Å². The van der Waals surface area contributed by atoms with E-state index in [9.17, 15) is 4.79 Å². The second kappa shape index (κ2) is 7.92. The highest BCUT2D eigenvalue weighted by atomic mass is 31.1. The lowest BCUT2D eigenvalue weighted by atomic mass is 10.4. The van der Waals surface area contributed by atoms with E-state index >= 15 is 0 Å². The topological polar surface area (TPSA) is 38.3 Å². The van der Waals surface area contributed by atoms with Crippen LogP contribution in [0.1, 0.15) is 6.92 Å². The number of hydrogen-bond acceptors (Lipinski definition) is 3. The van der Waals surface area contributed by atoms with E-state index in [1.807, 2.05) is 36.4 Å². The molecule has 0 aliphatic rings. The number of likely N-dealkylation sites (N-methyl/N-ethyl adjacent to an activating group) is 1. The molecule has 1 N–H and O–H groups in total. The SMILES string of the molecule is CN[C@@H](C)C(=O)OCP(c1ccccc1)c1ccccc1. The largest absolute Gasteiger partial charge is 0.459 e. The fourth-order valence-electron chi connectivity index (χ4n) is 1.89. The Balaban J connectivity index is 2.16. The van der Waals surface area contributed by atoms with Gasteiger partial charge in [-0.25, -0.2) is 0 Å². The van der Waals surface area contributed by atoms with Crippen molar-refractivity contribution in [3.8, 4) is 0 Å². The van der Waals surface area contributed by atoms with Gasteiger partial charge in [0, 0.05) is 0 Å². The van der Waals surface area contributed by atoms with E-state index < -0.39 is 7.92 Å². The van der Waals surface area contributed by atoms with Crippen molar-refractivity contribution in [2.75, 3.05) is 13.4 Å². The minimum Gasteiger partial charge on any atom is -0.459 e. The molecule has 0 aliphatic heterocycles. The summed E-state index contributed by atoms with van der Waals surface area (Å²) in [7, 11) is 1.07. The molecule has 0 radical (unpaired) electrons. The Hall–Kier alpha value is -1.70. The zero-order chi connectivity index (χ0) is 15.1. The summed E-state index contributed by atoms with van der Waals surface area (Å²) >= 11 is 0. The minimum absolute atomic E-state index is 0.211. The van der Waals surface area contributed by atoms with Gasteiger partial charge in [-0.15, -0.1) is 0 Å². The Morgan fingerprint density at radius 3 is 1.95 bits per heavy atom. The van der Waals surface area contributed by atoms with Crippen molar-refractivity contribution in [2.45, 2.75) is 13.0 Å². The van der Waals surface area contributed by atoms with Crippen LogP contribution in [0.15, 0.2) is 60.7 Å². The number of rotatable bonds is 6. The predicted molar refractivity (Wildman–Crippen MR) is 88.6 cm³/mol. The van der Waals surface area contributed by atoms with Crippen molar-refractivity contribution in [2.24, 2.45) is 0 Å². The van der Waals surface area contributed by atoms with Crippen molar-refractivity contribution in [3.05, 3.63) is 60.7 Å². The van der Waals surface area contributed by atoms with Gasteiger partial charge in [-0.2, -0.15) is 0 Å². The Bertz CT molecular complexity index is 520. The highest BCUT2D eigenvalue weighted by Crippen LogP contribution is 2.33. The monoisotopic (exact) mass is 301 g/mol. The van der Waals surface area contributed by atoms with Crippen LogP contribution in [0.25, 0.3) is 0 Å². The first-order valence-electron chi connectivity index (χ1n) is 6.94. The van der Waals surface area contributed by atoms with Crippen molar-refractivity contribution in [3.63, 3.8) is 0 Å². The summed E-state index contributed by atoms with van der Waals surface area (Å²) in [4.78, 5) is 11.9. The van der Waals surface area contributed by atoms with Crippen LogP contribution in [0.2, 0.25) is 0 Å². The molecule has 0 bridgehead atoms.